The summed E-state index contributed by atoms with van der Waals surface area (Å²) < 4.78 is 7.03. The van der Waals surface area contributed by atoms with Gasteiger partial charge in [-0.2, -0.15) is 5.10 Å². The number of carbonyl (C=O) groups is 2. The van der Waals surface area contributed by atoms with E-state index in [1.165, 1.54) is 6.08 Å². The number of carbonyl (C=O) groups excluding carboxylic acids is 2. The van der Waals surface area contributed by atoms with Crippen LogP contribution in [0.2, 0.25) is 0 Å². The van der Waals surface area contributed by atoms with Crippen molar-refractivity contribution in [3.8, 4) is 11.4 Å². The zero-order valence-corrected chi connectivity index (χ0v) is 14.3. The minimum Gasteiger partial charge on any atom is -0.482 e. The number of amides is 2. The first-order chi connectivity index (χ1) is 13.2. The average molecular weight is 360 g/mol. The van der Waals surface area contributed by atoms with Gasteiger partial charge in [0.1, 0.15) is 5.75 Å². The third-order valence-electron chi connectivity index (χ3n) is 3.93. The van der Waals surface area contributed by atoms with Crippen LogP contribution in [-0.2, 0) is 9.59 Å². The van der Waals surface area contributed by atoms with Gasteiger partial charge < -0.3 is 15.4 Å². The number of para-hydroxylation sites is 1. The smallest absolute Gasteiger partial charge is 0.262 e. The molecule has 0 spiro atoms. The van der Waals surface area contributed by atoms with Crippen LogP contribution in [-0.4, -0.2) is 28.2 Å². The molecule has 1 aromatic heterocycles. The summed E-state index contributed by atoms with van der Waals surface area (Å²) in [6, 6.07) is 14.8. The molecule has 0 aliphatic carbocycles. The highest BCUT2D eigenvalue weighted by molar-refractivity contribution is 6.03. The van der Waals surface area contributed by atoms with Crippen LogP contribution in [0.25, 0.3) is 11.8 Å². The quantitative estimate of drug-likeness (QED) is 0.701. The molecule has 134 valence electrons. The van der Waals surface area contributed by atoms with Crippen LogP contribution in [0.5, 0.6) is 5.75 Å². The third-order valence-corrected chi connectivity index (χ3v) is 3.93. The molecule has 2 heterocycles. The molecule has 1 aliphatic rings. The summed E-state index contributed by atoms with van der Waals surface area (Å²) in [5.74, 6) is 0.0724. The predicted octanol–water partition coefficient (Wildman–Crippen LogP) is 2.86. The molecule has 0 bridgehead atoms. The molecule has 2 amide bonds. The zero-order chi connectivity index (χ0) is 18.6. The van der Waals surface area contributed by atoms with Gasteiger partial charge in [0.05, 0.1) is 17.6 Å². The average Bonchev–Trinajstić information content (AvgIpc) is 3.16. The van der Waals surface area contributed by atoms with E-state index in [2.05, 4.69) is 15.7 Å². The number of hydrogen-bond donors (Lipinski definition) is 2. The second kappa shape index (κ2) is 7.17. The Morgan fingerprint density at radius 2 is 2.07 bits per heavy atom. The fourth-order valence-corrected chi connectivity index (χ4v) is 2.66. The van der Waals surface area contributed by atoms with E-state index in [0.29, 0.717) is 17.1 Å². The van der Waals surface area contributed by atoms with Crippen molar-refractivity contribution in [2.75, 3.05) is 17.2 Å². The van der Waals surface area contributed by atoms with Crippen molar-refractivity contribution in [3.63, 3.8) is 0 Å². The minimum atomic E-state index is -0.287. The molecule has 0 radical (unpaired) electrons. The second-order valence-corrected chi connectivity index (χ2v) is 5.92. The Kier molecular flexibility index (Phi) is 4.40. The summed E-state index contributed by atoms with van der Waals surface area (Å²) in [5.41, 5.74) is 2.85. The first-order valence-corrected chi connectivity index (χ1v) is 8.33. The highest BCUT2D eigenvalue weighted by Crippen LogP contribution is 2.30. The van der Waals surface area contributed by atoms with Gasteiger partial charge in [-0.15, -0.1) is 0 Å². The number of ether oxygens (including phenoxy) is 1. The van der Waals surface area contributed by atoms with Crippen molar-refractivity contribution >= 4 is 29.3 Å². The normalized spacial score (nSPS) is 13.0. The Balaban J connectivity index is 1.42. The summed E-state index contributed by atoms with van der Waals surface area (Å²) in [6.07, 6.45) is 6.64. The van der Waals surface area contributed by atoms with Gasteiger partial charge in [-0.1, -0.05) is 18.2 Å². The number of anilines is 2. The first-order valence-electron chi connectivity index (χ1n) is 8.33. The van der Waals surface area contributed by atoms with E-state index in [-0.39, 0.29) is 18.4 Å². The molecule has 0 fully saturated rings. The number of rotatable bonds is 4. The molecular formula is C20H16N4O3. The van der Waals surface area contributed by atoms with Crippen molar-refractivity contribution in [2.45, 2.75) is 0 Å². The van der Waals surface area contributed by atoms with Gasteiger partial charge in [-0.05, 0) is 36.4 Å². The van der Waals surface area contributed by atoms with Gasteiger partial charge in [0.2, 0.25) is 5.91 Å². The first kappa shape index (κ1) is 16.6. The molecule has 1 aliphatic heterocycles. The van der Waals surface area contributed by atoms with Crippen molar-refractivity contribution < 1.29 is 14.3 Å². The van der Waals surface area contributed by atoms with E-state index in [9.17, 15) is 9.59 Å². The number of fused-ring (bicyclic) bond motifs is 1. The molecular weight excluding hydrogens is 344 g/mol. The summed E-state index contributed by atoms with van der Waals surface area (Å²) in [6.45, 7) is -0.00188. The second-order valence-electron chi connectivity index (χ2n) is 5.92. The Bertz CT molecular complexity index is 1020. The van der Waals surface area contributed by atoms with Gasteiger partial charge in [-0.25, -0.2) is 4.68 Å². The van der Waals surface area contributed by atoms with Crippen LogP contribution in [0.1, 0.15) is 5.56 Å². The number of aromatic nitrogens is 2. The standard InChI is InChI=1S/C20H16N4O3/c25-19(22-15-7-8-18-17(10-15)23-20(26)13-27-18)9-6-14-11-21-24(12-14)16-4-2-1-3-5-16/h1-12H,13H2,(H,22,25)(H,23,26). The maximum atomic E-state index is 12.2. The van der Waals surface area contributed by atoms with Gasteiger partial charge >= 0.3 is 0 Å². The molecule has 0 atom stereocenters. The number of benzene rings is 2. The van der Waals surface area contributed by atoms with Crippen LogP contribution in [0, 0.1) is 0 Å². The fraction of sp³-hybridized carbons (Fsp3) is 0.0500. The topological polar surface area (TPSA) is 85.3 Å². The van der Waals surface area contributed by atoms with Crippen LogP contribution >= 0.6 is 0 Å². The van der Waals surface area contributed by atoms with Crippen molar-refractivity contribution in [2.24, 2.45) is 0 Å². The lowest BCUT2D eigenvalue weighted by molar-refractivity contribution is -0.118. The molecule has 7 heteroatoms. The third kappa shape index (κ3) is 3.87. The van der Waals surface area contributed by atoms with Gasteiger partial charge in [0.25, 0.3) is 5.91 Å². The Labute approximate surface area is 155 Å². The van der Waals surface area contributed by atoms with Crippen molar-refractivity contribution in [3.05, 3.63) is 72.6 Å². The molecule has 27 heavy (non-hydrogen) atoms. The number of hydrogen-bond acceptors (Lipinski definition) is 4. The lowest BCUT2D eigenvalue weighted by atomic mass is 10.2. The summed E-state index contributed by atoms with van der Waals surface area (Å²) in [5, 5.41) is 9.74. The predicted molar refractivity (Wildman–Crippen MR) is 102 cm³/mol. The Hall–Kier alpha value is -3.87. The SMILES string of the molecule is O=C(C=Cc1cnn(-c2ccccc2)c1)Nc1ccc2c(c1)NC(=O)CO2. The van der Waals surface area contributed by atoms with Gasteiger partial charge in [-0.3, -0.25) is 9.59 Å². The summed E-state index contributed by atoms with van der Waals surface area (Å²) in [7, 11) is 0. The highest BCUT2D eigenvalue weighted by Gasteiger charge is 2.16. The van der Waals surface area contributed by atoms with E-state index >= 15 is 0 Å². The van der Waals surface area contributed by atoms with Crippen LogP contribution in [0.3, 0.4) is 0 Å². The molecule has 0 unspecified atom stereocenters. The lowest BCUT2D eigenvalue weighted by Gasteiger charge is -2.18. The van der Waals surface area contributed by atoms with E-state index in [1.807, 2.05) is 36.5 Å². The fourth-order valence-electron chi connectivity index (χ4n) is 2.66. The highest BCUT2D eigenvalue weighted by atomic mass is 16.5. The molecule has 0 saturated carbocycles. The summed E-state index contributed by atoms with van der Waals surface area (Å²) in [4.78, 5) is 23.5. The monoisotopic (exact) mass is 360 g/mol. The molecule has 4 rings (SSSR count). The number of nitrogens with one attached hydrogen (secondary N) is 2. The Morgan fingerprint density at radius 1 is 1.22 bits per heavy atom. The van der Waals surface area contributed by atoms with Crippen LogP contribution < -0.4 is 15.4 Å². The van der Waals surface area contributed by atoms with Gasteiger partial charge in [0.15, 0.2) is 6.61 Å². The molecule has 0 saturated heterocycles. The van der Waals surface area contributed by atoms with Crippen molar-refractivity contribution in [1.29, 1.82) is 0 Å². The van der Waals surface area contributed by atoms with E-state index in [1.54, 1.807) is 35.2 Å². The maximum Gasteiger partial charge on any atom is 0.262 e. The van der Waals surface area contributed by atoms with Gasteiger partial charge in [0, 0.05) is 23.5 Å². The van der Waals surface area contributed by atoms with E-state index in [0.717, 1.165) is 11.3 Å². The maximum absolute atomic E-state index is 12.2. The van der Waals surface area contributed by atoms with Crippen LogP contribution in [0.15, 0.2) is 67.0 Å². The number of nitrogens with zero attached hydrogens (tertiary/aromatic N) is 2. The van der Waals surface area contributed by atoms with Crippen LogP contribution in [0.4, 0.5) is 11.4 Å². The van der Waals surface area contributed by atoms with E-state index in [4.69, 9.17) is 4.74 Å². The lowest BCUT2D eigenvalue weighted by Crippen LogP contribution is -2.25. The largest absolute Gasteiger partial charge is 0.482 e. The van der Waals surface area contributed by atoms with E-state index < -0.39 is 0 Å². The molecule has 7 nitrogen and oxygen atoms in total. The molecule has 3 aromatic rings. The summed E-state index contributed by atoms with van der Waals surface area (Å²) >= 11 is 0. The minimum absolute atomic E-state index is 0.00188. The molecule has 2 N–H and O–H groups in total. The Morgan fingerprint density at radius 3 is 2.93 bits per heavy atom. The van der Waals surface area contributed by atoms with Crippen molar-refractivity contribution in [1.82, 2.24) is 9.78 Å². The molecule has 2 aromatic carbocycles. The zero-order valence-electron chi connectivity index (χ0n) is 14.3.